The van der Waals surface area contributed by atoms with Crippen LogP contribution in [-0.2, 0) is 13.6 Å². The van der Waals surface area contributed by atoms with Crippen molar-refractivity contribution in [1.29, 1.82) is 0 Å². The zero-order valence-corrected chi connectivity index (χ0v) is 13.3. The smallest absolute Gasteiger partial charge is 0.267 e. The van der Waals surface area contributed by atoms with Gasteiger partial charge in [0.15, 0.2) is 0 Å². The van der Waals surface area contributed by atoms with Gasteiger partial charge in [0, 0.05) is 12.4 Å². The van der Waals surface area contributed by atoms with Crippen LogP contribution in [0.1, 0.15) is 11.4 Å². The Labute approximate surface area is 129 Å². The van der Waals surface area contributed by atoms with Crippen LogP contribution in [0.2, 0.25) is 0 Å². The largest absolute Gasteiger partial charge is 0.292 e. The van der Waals surface area contributed by atoms with E-state index in [0.29, 0.717) is 10.1 Å². The molecule has 0 spiro atoms. The van der Waals surface area contributed by atoms with Gasteiger partial charge < -0.3 is 0 Å². The number of para-hydroxylation sites is 1. The molecular formula is C14H13IN4O. The van der Waals surface area contributed by atoms with Crippen molar-refractivity contribution in [3.63, 3.8) is 0 Å². The van der Waals surface area contributed by atoms with E-state index in [4.69, 9.17) is 0 Å². The van der Waals surface area contributed by atoms with Gasteiger partial charge in [0.05, 0.1) is 33.3 Å². The van der Waals surface area contributed by atoms with Gasteiger partial charge in [-0.25, -0.2) is 4.98 Å². The molecule has 0 aliphatic heterocycles. The predicted octanol–water partition coefficient (Wildman–Crippen LogP) is 2.09. The highest BCUT2D eigenvalue weighted by Gasteiger charge is 2.11. The highest BCUT2D eigenvalue weighted by atomic mass is 127. The summed E-state index contributed by atoms with van der Waals surface area (Å²) in [5.41, 5.74) is 2.68. The number of halogens is 1. The molecule has 0 saturated heterocycles. The highest BCUT2D eigenvalue weighted by molar-refractivity contribution is 14.1. The third-order valence-electron chi connectivity index (χ3n) is 3.31. The molecule has 20 heavy (non-hydrogen) atoms. The molecule has 2 aromatic heterocycles. The standard InChI is InChI=1S/C14H13IN4O/c1-9-13(15)14(20)19(8-16-9)7-11-10-5-3-4-6-12(10)18(2)17-11/h3-6,8H,7H2,1-2H3. The maximum absolute atomic E-state index is 12.2. The summed E-state index contributed by atoms with van der Waals surface area (Å²) >= 11 is 2.04. The lowest BCUT2D eigenvalue weighted by atomic mass is 10.2. The van der Waals surface area contributed by atoms with Crippen LogP contribution in [0.4, 0.5) is 0 Å². The van der Waals surface area contributed by atoms with Crippen LogP contribution in [0.5, 0.6) is 0 Å². The van der Waals surface area contributed by atoms with Crippen molar-refractivity contribution in [2.45, 2.75) is 13.5 Å². The van der Waals surface area contributed by atoms with Crippen LogP contribution < -0.4 is 5.56 Å². The lowest BCUT2D eigenvalue weighted by Gasteiger charge is -2.05. The van der Waals surface area contributed by atoms with E-state index < -0.39 is 0 Å². The SMILES string of the molecule is Cc1ncn(Cc2nn(C)c3ccccc23)c(=O)c1I. The van der Waals surface area contributed by atoms with Crippen LogP contribution in [0.15, 0.2) is 35.4 Å². The first-order valence-corrected chi connectivity index (χ1v) is 7.28. The summed E-state index contributed by atoms with van der Waals surface area (Å²) in [5.74, 6) is 0. The summed E-state index contributed by atoms with van der Waals surface area (Å²) in [5, 5.41) is 5.57. The number of aromatic nitrogens is 4. The van der Waals surface area contributed by atoms with E-state index in [-0.39, 0.29) is 5.56 Å². The Hall–Kier alpha value is -1.70. The molecule has 5 nitrogen and oxygen atoms in total. The zero-order chi connectivity index (χ0) is 14.3. The van der Waals surface area contributed by atoms with Crippen LogP contribution in [0.3, 0.4) is 0 Å². The molecule has 3 aromatic rings. The Morgan fingerprint density at radius 3 is 2.85 bits per heavy atom. The molecule has 6 heteroatoms. The van der Waals surface area contributed by atoms with Crippen molar-refractivity contribution >= 4 is 33.5 Å². The minimum Gasteiger partial charge on any atom is -0.292 e. The van der Waals surface area contributed by atoms with Crippen molar-refractivity contribution < 1.29 is 0 Å². The van der Waals surface area contributed by atoms with Gasteiger partial charge in [0.2, 0.25) is 0 Å². The van der Waals surface area contributed by atoms with Crippen molar-refractivity contribution in [2.24, 2.45) is 7.05 Å². The van der Waals surface area contributed by atoms with Gasteiger partial charge in [-0.1, -0.05) is 18.2 Å². The summed E-state index contributed by atoms with van der Waals surface area (Å²) < 4.78 is 4.09. The van der Waals surface area contributed by atoms with Crippen molar-refractivity contribution in [3.05, 3.63) is 55.9 Å². The molecule has 0 unspecified atom stereocenters. The normalized spacial score (nSPS) is 11.2. The molecule has 0 atom stereocenters. The molecule has 0 bridgehead atoms. The van der Waals surface area contributed by atoms with Gasteiger partial charge in [-0.3, -0.25) is 14.0 Å². The molecule has 0 fully saturated rings. The van der Waals surface area contributed by atoms with Gasteiger partial charge in [-0.15, -0.1) is 0 Å². The van der Waals surface area contributed by atoms with Gasteiger partial charge in [0.1, 0.15) is 0 Å². The molecule has 0 N–H and O–H groups in total. The van der Waals surface area contributed by atoms with E-state index >= 15 is 0 Å². The van der Waals surface area contributed by atoms with E-state index in [1.54, 1.807) is 10.9 Å². The third kappa shape index (κ3) is 2.13. The number of aryl methyl sites for hydroxylation is 2. The first-order valence-electron chi connectivity index (χ1n) is 6.20. The second-order valence-corrected chi connectivity index (χ2v) is 5.74. The minimum absolute atomic E-state index is 0.0205. The fraction of sp³-hybridized carbons (Fsp3) is 0.214. The molecular weight excluding hydrogens is 367 g/mol. The third-order valence-corrected chi connectivity index (χ3v) is 4.55. The first kappa shape index (κ1) is 13.3. The maximum Gasteiger partial charge on any atom is 0.267 e. The molecule has 0 aliphatic carbocycles. The predicted molar refractivity (Wildman–Crippen MR) is 85.8 cm³/mol. The quantitative estimate of drug-likeness (QED) is 0.640. The van der Waals surface area contributed by atoms with Crippen LogP contribution in [0.25, 0.3) is 10.9 Å². The molecule has 0 saturated carbocycles. The molecule has 0 amide bonds. The lowest BCUT2D eigenvalue weighted by molar-refractivity contribution is 0.683. The number of nitrogens with zero attached hydrogens (tertiary/aromatic N) is 4. The van der Waals surface area contributed by atoms with Gasteiger partial charge >= 0.3 is 0 Å². The molecule has 2 heterocycles. The van der Waals surface area contributed by atoms with Crippen LogP contribution >= 0.6 is 22.6 Å². The second-order valence-electron chi connectivity index (χ2n) is 4.66. The average Bonchev–Trinajstić information content (AvgIpc) is 2.77. The molecule has 0 aliphatic rings. The fourth-order valence-corrected chi connectivity index (χ4v) is 2.67. The van der Waals surface area contributed by atoms with Crippen LogP contribution in [-0.4, -0.2) is 19.3 Å². The Kier molecular flexibility index (Phi) is 3.33. The summed E-state index contributed by atoms with van der Waals surface area (Å²) in [4.78, 5) is 16.5. The van der Waals surface area contributed by atoms with Gasteiger partial charge in [-0.2, -0.15) is 5.10 Å². The van der Waals surface area contributed by atoms with E-state index in [2.05, 4.69) is 10.1 Å². The molecule has 102 valence electrons. The van der Waals surface area contributed by atoms with E-state index in [1.165, 1.54) is 0 Å². The number of hydrogen-bond acceptors (Lipinski definition) is 3. The van der Waals surface area contributed by atoms with Gasteiger partial charge in [0.25, 0.3) is 5.56 Å². The van der Waals surface area contributed by atoms with E-state index in [9.17, 15) is 4.79 Å². The monoisotopic (exact) mass is 380 g/mol. The van der Waals surface area contributed by atoms with Crippen molar-refractivity contribution in [3.8, 4) is 0 Å². The molecule has 0 radical (unpaired) electrons. The Bertz CT molecular complexity index is 850. The van der Waals surface area contributed by atoms with E-state index in [1.807, 2.05) is 65.5 Å². The Morgan fingerprint density at radius 1 is 1.30 bits per heavy atom. The zero-order valence-electron chi connectivity index (χ0n) is 11.2. The molecule has 3 rings (SSSR count). The van der Waals surface area contributed by atoms with Crippen molar-refractivity contribution in [1.82, 2.24) is 19.3 Å². The summed E-state index contributed by atoms with van der Waals surface area (Å²) in [7, 11) is 1.91. The number of hydrogen-bond donors (Lipinski definition) is 0. The highest BCUT2D eigenvalue weighted by Crippen LogP contribution is 2.17. The summed E-state index contributed by atoms with van der Waals surface area (Å²) in [6.45, 7) is 2.27. The topological polar surface area (TPSA) is 52.7 Å². The first-order chi connectivity index (χ1) is 9.58. The minimum atomic E-state index is -0.0205. The van der Waals surface area contributed by atoms with Crippen molar-refractivity contribution in [2.75, 3.05) is 0 Å². The summed E-state index contributed by atoms with van der Waals surface area (Å²) in [6.07, 6.45) is 1.59. The second kappa shape index (κ2) is 5.01. The molecule has 1 aromatic carbocycles. The Balaban J connectivity index is 2.11. The Morgan fingerprint density at radius 2 is 2.05 bits per heavy atom. The summed E-state index contributed by atoms with van der Waals surface area (Å²) in [6, 6.07) is 8.00. The van der Waals surface area contributed by atoms with Crippen LogP contribution in [0, 0.1) is 10.5 Å². The van der Waals surface area contributed by atoms with E-state index in [0.717, 1.165) is 22.3 Å². The maximum atomic E-state index is 12.2. The lowest BCUT2D eigenvalue weighted by Crippen LogP contribution is -2.24. The number of rotatable bonds is 2. The number of fused-ring (bicyclic) bond motifs is 1. The fourth-order valence-electron chi connectivity index (χ4n) is 2.23. The average molecular weight is 380 g/mol. The van der Waals surface area contributed by atoms with Gasteiger partial charge in [-0.05, 0) is 35.6 Å². The number of benzene rings is 1.